The molecule has 0 aliphatic carbocycles. The van der Waals surface area contributed by atoms with Crippen molar-refractivity contribution in [3.63, 3.8) is 0 Å². The Bertz CT molecular complexity index is 920. The molecule has 0 unspecified atom stereocenters. The summed E-state index contributed by atoms with van der Waals surface area (Å²) in [6, 6.07) is 24.7. The highest BCUT2D eigenvalue weighted by Gasteiger charge is 2.04. The highest BCUT2D eigenvalue weighted by Crippen LogP contribution is 2.31. The van der Waals surface area contributed by atoms with Crippen LogP contribution in [-0.4, -0.2) is 0 Å². The lowest BCUT2D eigenvalue weighted by atomic mass is 9.97. The lowest BCUT2D eigenvalue weighted by Gasteiger charge is -2.08. The van der Waals surface area contributed by atoms with Gasteiger partial charge in [0.2, 0.25) is 0 Å². The summed E-state index contributed by atoms with van der Waals surface area (Å²) in [7, 11) is 0. The number of hydrogen-bond acceptors (Lipinski definition) is 2. The van der Waals surface area contributed by atoms with Gasteiger partial charge in [0.1, 0.15) is 0 Å². The second kappa shape index (κ2) is 4.78. The van der Waals surface area contributed by atoms with E-state index in [1.54, 1.807) is 0 Å². The standard InChI is InChI=1S/C20H16N2/c21-19-5-1-3-13-7-9-15(11-17(13)19)16-10-8-14-4-2-6-20(22)18(14)12-16/h1-12H,21-22H2. The van der Waals surface area contributed by atoms with Gasteiger partial charge in [0.05, 0.1) is 0 Å². The predicted octanol–water partition coefficient (Wildman–Crippen LogP) is 4.82. The second-order valence-electron chi connectivity index (χ2n) is 5.57. The fraction of sp³-hybridized carbons (Fsp3) is 0. The van der Waals surface area contributed by atoms with Crippen LogP contribution < -0.4 is 11.5 Å². The molecule has 4 aromatic rings. The Morgan fingerprint density at radius 3 is 1.41 bits per heavy atom. The quantitative estimate of drug-likeness (QED) is 0.492. The highest BCUT2D eigenvalue weighted by atomic mass is 14.6. The molecule has 22 heavy (non-hydrogen) atoms. The fourth-order valence-electron chi connectivity index (χ4n) is 2.95. The number of fused-ring (bicyclic) bond motifs is 2. The minimum absolute atomic E-state index is 0.805. The lowest BCUT2D eigenvalue weighted by Crippen LogP contribution is -1.89. The van der Waals surface area contributed by atoms with Gasteiger partial charge >= 0.3 is 0 Å². The van der Waals surface area contributed by atoms with Crippen LogP contribution in [0.5, 0.6) is 0 Å². The lowest BCUT2D eigenvalue weighted by molar-refractivity contribution is 1.66. The third-order valence-electron chi connectivity index (χ3n) is 4.17. The molecule has 0 saturated carbocycles. The molecule has 0 saturated heterocycles. The van der Waals surface area contributed by atoms with E-state index in [2.05, 4.69) is 48.5 Å². The van der Waals surface area contributed by atoms with Crippen LogP contribution in [0, 0.1) is 0 Å². The molecule has 4 aromatic carbocycles. The van der Waals surface area contributed by atoms with Gasteiger partial charge in [0.25, 0.3) is 0 Å². The maximum absolute atomic E-state index is 6.10. The summed E-state index contributed by atoms with van der Waals surface area (Å²) in [6.07, 6.45) is 0. The van der Waals surface area contributed by atoms with Crippen LogP contribution >= 0.6 is 0 Å². The van der Waals surface area contributed by atoms with Gasteiger partial charge in [-0.15, -0.1) is 0 Å². The Balaban J connectivity index is 1.95. The van der Waals surface area contributed by atoms with Crippen LogP contribution in [0.25, 0.3) is 32.7 Å². The molecular formula is C20H16N2. The SMILES string of the molecule is Nc1cccc2ccc(-c3ccc4cccc(N)c4c3)cc12. The van der Waals surface area contributed by atoms with Gasteiger partial charge in [0, 0.05) is 22.1 Å². The molecule has 0 amide bonds. The molecule has 106 valence electrons. The fourth-order valence-corrected chi connectivity index (χ4v) is 2.95. The van der Waals surface area contributed by atoms with Gasteiger partial charge in [-0.1, -0.05) is 48.5 Å². The molecule has 0 aromatic heterocycles. The van der Waals surface area contributed by atoms with Crippen LogP contribution in [0.1, 0.15) is 0 Å². The molecule has 0 heterocycles. The predicted molar refractivity (Wildman–Crippen MR) is 95.7 cm³/mol. The molecule has 2 nitrogen and oxygen atoms in total. The van der Waals surface area contributed by atoms with Crippen molar-refractivity contribution < 1.29 is 0 Å². The average molecular weight is 284 g/mol. The second-order valence-corrected chi connectivity index (χ2v) is 5.57. The summed E-state index contributed by atoms with van der Waals surface area (Å²) in [5, 5.41) is 4.48. The van der Waals surface area contributed by atoms with Crippen LogP contribution in [0.3, 0.4) is 0 Å². The van der Waals surface area contributed by atoms with Gasteiger partial charge < -0.3 is 11.5 Å². The number of anilines is 2. The van der Waals surface area contributed by atoms with Crippen LogP contribution in [-0.2, 0) is 0 Å². The largest absolute Gasteiger partial charge is 0.398 e. The third-order valence-corrected chi connectivity index (χ3v) is 4.17. The summed E-state index contributed by atoms with van der Waals surface area (Å²) in [6.45, 7) is 0. The molecule has 0 aliphatic heterocycles. The van der Waals surface area contributed by atoms with E-state index in [1.165, 1.54) is 0 Å². The van der Waals surface area contributed by atoms with Crippen LogP contribution in [0.2, 0.25) is 0 Å². The Morgan fingerprint density at radius 1 is 0.500 bits per heavy atom. The van der Waals surface area contributed by atoms with Crippen molar-refractivity contribution in [2.45, 2.75) is 0 Å². The first kappa shape index (κ1) is 12.7. The van der Waals surface area contributed by atoms with Crippen molar-refractivity contribution >= 4 is 32.9 Å². The van der Waals surface area contributed by atoms with Gasteiger partial charge in [-0.3, -0.25) is 0 Å². The van der Waals surface area contributed by atoms with E-state index in [0.717, 1.165) is 44.0 Å². The zero-order valence-corrected chi connectivity index (χ0v) is 12.1. The Labute approximate surface area is 129 Å². The van der Waals surface area contributed by atoms with Gasteiger partial charge in [-0.05, 0) is 46.2 Å². The van der Waals surface area contributed by atoms with Crippen molar-refractivity contribution in [2.75, 3.05) is 11.5 Å². The smallest absolute Gasteiger partial charge is 0.0393 e. The zero-order chi connectivity index (χ0) is 15.1. The molecule has 4 N–H and O–H groups in total. The summed E-state index contributed by atoms with van der Waals surface area (Å²) >= 11 is 0. The maximum atomic E-state index is 6.10. The molecule has 0 spiro atoms. The molecule has 4 rings (SSSR count). The van der Waals surface area contributed by atoms with E-state index < -0.39 is 0 Å². The van der Waals surface area contributed by atoms with Crippen molar-refractivity contribution in [1.82, 2.24) is 0 Å². The monoisotopic (exact) mass is 284 g/mol. The minimum Gasteiger partial charge on any atom is -0.398 e. The Morgan fingerprint density at radius 2 is 0.955 bits per heavy atom. The number of nitrogens with two attached hydrogens (primary N) is 2. The first-order valence-electron chi connectivity index (χ1n) is 7.29. The molecular weight excluding hydrogens is 268 g/mol. The van der Waals surface area contributed by atoms with Gasteiger partial charge in [-0.25, -0.2) is 0 Å². The molecule has 0 radical (unpaired) electrons. The average Bonchev–Trinajstić information content (AvgIpc) is 2.55. The Kier molecular flexibility index (Phi) is 2.76. The number of rotatable bonds is 1. The van der Waals surface area contributed by atoms with Crippen molar-refractivity contribution in [3.05, 3.63) is 72.8 Å². The first-order valence-corrected chi connectivity index (χ1v) is 7.29. The summed E-state index contributed by atoms with van der Waals surface area (Å²) in [5.41, 5.74) is 16.1. The van der Waals surface area contributed by atoms with Crippen molar-refractivity contribution in [3.8, 4) is 11.1 Å². The normalized spacial score (nSPS) is 11.1. The van der Waals surface area contributed by atoms with E-state index in [-0.39, 0.29) is 0 Å². The summed E-state index contributed by atoms with van der Waals surface area (Å²) in [5.74, 6) is 0. The number of hydrogen-bond donors (Lipinski definition) is 2. The number of nitrogen functional groups attached to an aromatic ring is 2. The summed E-state index contributed by atoms with van der Waals surface area (Å²) < 4.78 is 0. The maximum Gasteiger partial charge on any atom is 0.0393 e. The zero-order valence-electron chi connectivity index (χ0n) is 12.1. The topological polar surface area (TPSA) is 52.0 Å². The van der Waals surface area contributed by atoms with Crippen molar-refractivity contribution in [2.24, 2.45) is 0 Å². The summed E-state index contributed by atoms with van der Waals surface area (Å²) in [4.78, 5) is 0. The van der Waals surface area contributed by atoms with Gasteiger partial charge in [-0.2, -0.15) is 0 Å². The molecule has 0 aliphatic rings. The van der Waals surface area contributed by atoms with E-state index in [9.17, 15) is 0 Å². The van der Waals surface area contributed by atoms with E-state index in [4.69, 9.17) is 11.5 Å². The first-order chi connectivity index (χ1) is 10.7. The number of benzene rings is 4. The van der Waals surface area contributed by atoms with Gasteiger partial charge in [0.15, 0.2) is 0 Å². The van der Waals surface area contributed by atoms with E-state index >= 15 is 0 Å². The van der Waals surface area contributed by atoms with Crippen molar-refractivity contribution in [1.29, 1.82) is 0 Å². The van der Waals surface area contributed by atoms with E-state index in [1.807, 2.05) is 24.3 Å². The third kappa shape index (κ3) is 1.97. The molecule has 0 atom stereocenters. The molecule has 2 heteroatoms. The van der Waals surface area contributed by atoms with Crippen LogP contribution in [0.15, 0.2) is 72.8 Å². The Hall–Kier alpha value is -3.00. The molecule has 0 fully saturated rings. The minimum atomic E-state index is 0.805. The highest BCUT2D eigenvalue weighted by molar-refractivity contribution is 5.99. The van der Waals surface area contributed by atoms with Crippen LogP contribution in [0.4, 0.5) is 11.4 Å². The molecule has 0 bridgehead atoms. The van der Waals surface area contributed by atoms with E-state index in [0.29, 0.717) is 0 Å².